The Balaban J connectivity index is 1.74. The van der Waals surface area contributed by atoms with Crippen molar-refractivity contribution < 1.29 is 19.1 Å². The van der Waals surface area contributed by atoms with Crippen molar-refractivity contribution in [3.8, 4) is 11.5 Å². The molecule has 0 heterocycles. The van der Waals surface area contributed by atoms with Gasteiger partial charge in [-0.2, -0.15) is 0 Å². The van der Waals surface area contributed by atoms with E-state index >= 15 is 0 Å². The molecule has 0 spiro atoms. The number of carbonyl (C=O) groups is 2. The maximum atomic E-state index is 12.3. The molecule has 0 fully saturated rings. The Hall–Kier alpha value is -3.13. The highest BCUT2D eigenvalue weighted by Gasteiger charge is 2.10. The van der Waals surface area contributed by atoms with Crippen molar-refractivity contribution in [2.24, 2.45) is 0 Å². The third kappa shape index (κ3) is 7.71. The third-order valence-corrected chi connectivity index (χ3v) is 4.23. The molecule has 0 aromatic heterocycles. The van der Waals surface area contributed by atoms with Crippen LogP contribution in [0.4, 0.5) is 0 Å². The minimum atomic E-state index is -0.436. The number of hydrogen-bond donors (Lipinski definition) is 3. The highest BCUT2D eigenvalue weighted by Crippen LogP contribution is 2.18. The van der Waals surface area contributed by atoms with Crippen molar-refractivity contribution in [1.29, 1.82) is 0 Å². The van der Waals surface area contributed by atoms with Crippen molar-refractivity contribution in [2.45, 2.75) is 33.1 Å². The van der Waals surface area contributed by atoms with Gasteiger partial charge < -0.3 is 9.47 Å². The van der Waals surface area contributed by atoms with Gasteiger partial charge in [0.15, 0.2) is 11.7 Å². The minimum Gasteiger partial charge on any atom is -0.494 e. The molecule has 8 heteroatoms. The molecule has 0 bridgehead atoms. The number of nitrogens with one attached hydrogen (secondary N) is 3. The van der Waals surface area contributed by atoms with E-state index in [2.05, 4.69) is 30.0 Å². The maximum absolute atomic E-state index is 12.3. The summed E-state index contributed by atoms with van der Waals surface area (Å²) in [6, 6.07) is 14.3. The molecule has 2 amide bonds. The summed E-state index contributed by atoms with van der Waals surface area (Å²) in [6.07, 6.45) is 0.872. The van der Waals surface area contributed by atoms with E-state index in [0.29, 0.717) is 29.6 Å². The molecule has 30 heavy (non-hydrogen) atoms. The molecule has 2 aromatic rings. The Labute approximate surface area is 182 Å². The molecule has 0 aliphatic rings. The second kappa shape index (κ2) is 11.8. The Kier molecular flexibility index (Phi) is 9.08. The lowest BCUT2D eigenvalue weighted by molar-refractivity contribution is -0.123. The van der Waals surface area contributed by atoms with Gasteiger partial charge in [-0.15, -0.1) is 0 Å². The summed E-state index contributed by atoms with van der Waals surface area (Å²) in [6.45, 7) is 6.59. The standard InChI is InChI=1S/C22H27N3O4S/c1-4-12-28-19-7-5-6-17(13-19)21(27)23-22(30)25-24-20(26)14-29-18-10-8-16(9-11-18)15(2)3/h5-11,13,15H,4,12,14H2,1-3H3,(H,24,26)(H2,23,25,27,30). The summed E-state index contributed by atoms with van der Waals surface area (Å²) < 4.78 is 10.9. The third-order valence-electron chi connectivity index (χ3n) is 4.03. The number of hydrogen-bond acceptors (Lipinski definition) is 5. The molecular weight excluding hydrogens is 402 g/mol. The van der Waals surface area contributed by atoms with Crippen molar-refractivity contribution in [1.82, 2.24) is 16.2 Å². The van der Waals surface area contributed by atoms with Gasteiger partial charge in [-0.25, -0.2) is 0 Å². The molecule has 0 unspecified atom stereocenters. The average molecular weight is 430 g/mol. The molecule has 160 valence electrons. The lowest BCUT2D eigenvalue weighted by Gasteiger charge is -2.12. The van der Waals surface area contributed by atoms with E-state index in [1.807, 2.05) is 31.2 Å². The Bertz CT molecular complexity index is 869. The Morgan fingerprint density at radius 1 is 1.00 bits per heavy atom. The van der Waals surface area contributed by atoms with E-state index in [1.165, 1.54) is 5.56 Å². The first-order valence-electron chi connectivity index (χ1n) is 9.74. The van der Waals surface area contributed by atoms with E-state index in [4.69, 9.17) is 21.7 Å². The first-order chi connectivity index (χ1) is 14.4. The number of rotatable bonds is 8. The largest absolute Gasteiger partial charge is 0.494 e. The van der Waals surface area contributed by atoms with Gasteiger partial charge in [-0.05, 0) is 60.5 Å². The van der Waals surface area contributed by atoms with E-state index in [9.17, 15) is 9.59 Å². The van der Waals surface area contributed by atoms with Crippen LogP contribution in [-0.4, -0.2) is 30.1 Å². The van der Waals surface area contributed by atoms with E-state index in [0.717, 1.165) is 6.42 Å². The summed E-state index contributed by atoms with van der Waals surface area (Å²) in [5, 5.41) is 2.46. The molecule has 0 saturated carbocycles. The molecule has 0 radical (unpaired) electrons. The van der Waals surface area contributed by atoms with Crippen LogP contribution in [0.5, 0.6) is 11.5 Å². The van der Waals surface area contributed by atoms with Gasteiger partial charge in [0.25, 0.3) is 11.8 Å². The molecular formula is C22H27N3O4S. The Morgan fingerprint density at radius 2 is 1.73 bits per heavy atom. The van der Waals surface area contributed by atoms with Gasteiger partial charge in [0.2, 0.25) is 0 Å². The van der Waals surface area contributed by atoms with E-state index in [-0.39, 0.29) is 11.7 Å². The number of benzene rings is 2. The van der Waals surface area contributed by atoms with Crippen LogP contribution in [0.1, 0.15) is 49.0 Å². The van der Waals surface area contributed by atoms with Crippen LogP contribution in [0, 0.1) is 0 Å². The highest BCUT2D eigenvalue weighted by atomic mass is 32.1. The monoisotopic (exact) mass is 429 g/mol. The van der Waals surface area contributed by atoms with Gasteiger partial charge in [0.1, 0.15) is 11.5 Å². The molecule has 7 nitrogen and oxygen atoms in total. The zero-order valence-electron chi connectivity index (χ0n) is 17.4. The fourth-order valence-corrected chi connectivity index (χ4v) is 2.56. The summed E-state index contributed by atoms with van der Waals surface area (Å²) in [5.41, 5.74) is 6.45. The lowest BCUT2D eigenvalue weighted by Crippen LogP contribution is -2.49. The molecule has 0 atom stereocenters. The SMILES string of the molecule is CCCOc1cccc(C(=O)NC(=S)NNC(=O)COc2ccc(C(C)C)cc2)c1. The molecule has 0 saturated heterocycles. The van der Waals surface area contributed by atoms with Crippen LogP contribution in [0.25, 0.3) is 0 Å². The maximum Gasteiger partial charge on any atom is 0.276 e. The molecule has 2 rings (SSSR count). The summed E-state index contributed by atoms with van der Waals surface area (Å²) >= 11 is 5.04. The smallest absolute Gasteiger partial charge is 0.276 e. The average Bonchev–Trinajstić information content (AvgIpc) is 2.75. The van der Waals surface area contributed by atoms with Gasteiger partial charge in [0.05, 0.1) is 6.61 Å². The zero-order chi connectivity index (χ0) is 21.9. The topological polar surface area (TPSA) is 88.7 Å². The summed E-state index contributed by atoms with van der Waals surface area (Å²) in [4.78, 5) is 24.2. The molecule has 0 aliphatic carbocycles. The van der Waals surface area contributed by atoms with Crippen molar-refractivity contribution in [3.05, 3.63) is 59.7 Å². The number of amides is 2. The van der Waals surface area contributed by atoms with Crippen molar-refractivity contribution >= 4 is 29.1 Å². The Morgan fingerprint density at radius 3 is 2.40 bits per heavy atom. The van der Waals surface area contributed by atoms with E-state index in [1.54, 1.807) is 24.3 Å². The second-order valence-corrected chi connectivity index (χ2v) is 7.25. The van der Waals surface area contributed by atoms with Crippen LogP contribution >= 0.6 is 12.2 Å². The van der Waals surface area contributed by atoms with Crippen LogP contribution < -0.4 is 25.6 Å². The highest BCUT2D eigenvalue weighted by molar-refractivity contribution is 7.80. The zero-order valence-corrected chi connectivity index (χ0v) is 18.2. The summed E-state index contributed by atoms with van der Waals surface area (Å²) in [7, 11) is 0. The van der Waals surface area contributed by atoms with Crippen molar-refractivity contribution in [3.63, 3.8) is 0 Å². The quantitative estimate of drug-likeness (QED) is 0.441. The van der Waals surface area contributed by atoms with E-state index < -0.39 is 11.8 Å². The summed E-state index contributed by atoms with van der Waals surface area (Å²) in [5.74, 6) is 0.777. The van der Waals surface area contributed by atoms with Crippen LogP contribution in [0.15, 0.2) is 48.5 Å². The number of hydrazine groups is 1. The van der Waals surface area contributed by atoms with Crippen LogP contribution in [-0.2, 0) is 4.79 Å². The lowest BCUT2D eigenvalue weighted by atomic mass is 10.0. The van der Waals surface area contributed by atoms with Crippen molar-refractivity contribution in [2.75, 3.05) is 13.2 Å². The van der Waals surface area contributed by atoms with Gasteiger partial charge in [-0.1, -0.05) is 39.0 Å². The fourth-order valence-electron chi connectivity index (χ4n) is 2.41. The van der Waals surface area contributed by atoms with Crippen LogP contribution in [0.2, 0.25) is 0 Å². The van der Waals surface area contributed by atoms with Gasteiger partial charge >= 0.3 is 0 Å². The molecule has 2 aromatic carbocycles. The number of thiocarbonyl (C=S) groups is 1. The minimum absolute atomic E-state index is 0.0329. The second-order valence-electron chi connectivity index (χ2n) is 6.85. The predicted octanol–water partition coefficient (Wildman–Crippen LogP) is 3.31. The first-order valence-corrected chi connectivity index (χ1v) is 10.2. The predicted molar refractivity (Wildman–Crippen MR) is 120 cm³/mol. The van der Waals surface area contributed by atoms with Crippen LogP contribution in [0.3, 0.4) is 0 Å². The number of carbonyl (C=O) groups excluding carboxylic acids is 2. The molecule has 0 aliphatic heterocycles. The molecule has 3 N–H and O–H groups in total. The first kappa shape index (κ1) is 23.2. The normalized spacial score (nSPS) is 10.3. The fraction of sp³-hybridized carbons (Fsp3) is 0.318. The van der Waals surface area contributed by atoms with Gasteiger partial charge in [-0.3, -0.25) is 25.8 Å². The van der Waals surface area contributed by atoms with Gasteiger partial charge in [0, 0.05) is 5.56 Å². The number of ether oxygens (including phenoxy) is 2.